The van der Waals surface area contributed by atoms with Crippen LogP contribution in [0, 0.1) is 4.77 Å². The number of benzene rings is 1. The summed E-state index contributed by atoms with van der Waals surface area (Å²) in [4.78, 5) is 3.85. The van der Waals surface area contributed by atoms with Crippen LogP contribution >= 0.6 is 23.8 Å². The third-order valence-corrected chi connectivity index (χ3v) is 4.25. The first-order chi connectivity index (χ1) is 11.9. The van der Waals surface area contributed by atoms with Crippen LogP contribution in [-0.2, 0) is 19.1 Å². The summed E-state index contributed by atoms with van der Waals surface area (Å²) in [5, 5.41) is 6.92. The Balaban J connectivity index is 1.84. The Labute approximate surface area is 151 Å². The first-order valence-electron chi connectivity index (χ1n) is 7.28. The van der Waals surface area contributed by atoms with Gasteiger partial charge in [-0.25, -0.2) is 0 Å². The van der Waals surface area contributed by atoms with Gasteiger partial charge in [0.1, 0.15) is 0 Å². The number of nitrogens with one attached hydrogen (secondary N) is 1. The van der Waals surface area contributed by atoms with Crippen molar-refractivity contribution < 1.29 is 13.2 Å². The lowest BCUT2D eigenvalue weighted by Crippen LogP contribution is -2.09. The number of alkyl halides is 3. The number of nitrogens with zero attached hydrogens (tertiary/aromatic N) is 3. The van der Waals surface area contributed by atoms with Gasteiger partial charge in [-0.15, -0.1) is 0 Å². The molecule has 1 N–H and O–H groups in total. The molecule has 0 atom stereocenters. The number of halogens is 4. The van der Waals surface area contributed by atoms with Crippen LogP contribution in [0.15, 0.2) is 42.6 Å². The van der Waals surface area contributed by atoms with Gasteiger partial charge in [0.05, 0.1) is 16.3 Å². The van der Waals surface area contributed by atoms with Gasteiger partial charge >= 0.3 is 6.18 Å². The lowest BCUT2D eigenvalue weighted by molar-refractivity contribution is -0.137. The second-order valence-electron chi connectivity index (χ2n) is 5.27. The van der Waals surface area contributed by atoms with Crippen LogP contribution in [-0.4, -0.2) is 19.7 Å². The molecule has 0 unspecified atom stereocenters. The van der Waals surface area contributed by atoms with E-state index in [0.717, 1.165) is 17.8 Å². The van der Waals surface area contributed by atoms with Gasteiger partial charge in [0.25, 0.3) is 0 Å². The molecule has 0 amide bonds. The van der Waals surface area contributed by atoms with E-state index in [9.17, 15) is 13.2 Å². The quantitative estimate of drug-likeness (QED) is 0.649. The summed E-state index contributed by atoms with van der Waals surface area (Å²) in [6, 6.07) is 10.3. The highest BCUT2D eigenvalue weighted by molar-refractivity contribution is 7.71. The number of aromatic amines is 1. The molecule has 3 aromatic rings. The second kappa shape index (κ2) is 6.97. The highest BCUT2D eigenvalue weighted by Gasteiger charge is 2.31. The van der Waals surface area contributed by atoms with Crippen LogP contribution in [0.2, 0.25) is 5.02 Å². The van der Waals surface area contributed by atoms with Gasteiger partial charge in [-0.3, -0.25) is 14.6 Å². The van der Waals surface area contributed by atoms with E-state index in [0.29, 0.717) is 29.3 Å². The molecule has 0 aliphatic rings. The van der Waals surface area contributed by atoms with Gasteiger partial charge < -0.3 is 0 Å². The zero-order valence-corrected chi connectivity index (χ0v) is 14.3. The minimum absolute atomic E-state index is 0.0221. The molecule has 0 spiro atoms. The minimum atomic E-state index is -4.47. The number of aromatic nitrogens is 4. The maximum atomic E-state index is 12.7. The summed E-state index contributed by atoms with van der Waals surface area (Å²) in [7, 11) is 0. The summed E-state index contributed by atoms with van der Waals surface area (Å²) in [6.45, 7) is 0.387. The van der Waals surface area contributed by atoms with Crippen molar-refractivity contribution in [2.24, 2.45) is 0 Å². The monoisotopic (exact) mass is 384 g/mol. The Morgan fingerprint density at radius 2 is 1.92 bits per heavy atom. The van der Waals surface area contributed by atoms with Crippen molar-refractivity contribution in [2.75, 3.05) is 0 Å². The number of hydrogen-bond donors (Lipinski definition) is 1. The molecule has 0 aliphatic carbocycles. The van der Waals surface area contributed by atoms with Crippen LogP contribution in [0.25, 0.3) is 11.4 Å². The Kier molecular flexibility index (Phi) is 4.91. The molecule has 0 saturated heterocycles. The molecule has 2 heterocycles. The molecule has 0 saturated carbocycles. The number of aryl methyl sites for hydroxylation is 1. The molecule has 4 nitrogen and oxygen atoms in total. The Hall–Kier alpha value is -2.19. The molecule has 25 heavy (non-hydrogen) atoms. The molecule has 9 heteroatoms. The summed E-state index contributed by atoms with van der Waals surface area (Å²) < 4.78 is 40.2. The van der Waals surface area contributed by atoms with Crippen molar-refractivity contribution in [1.29, 1.82) is 0 Å². The molecule has 0 fully saturated rings. The second-order valence-corrected chi connectivity index (χ2v) is 6.06. The molecule has 0 bridgehead atoms. The SMILES string of the molecule is FC(F)(F)c1cnc(CCn2c(-c3ccccc3)n[nH]c2=S)c(Cl)c1. The normalized spacial score (nSPS) is 11.7. The van der Waals surface area contributed by atoms with Crippen molar-refractivity contribution in [1.82, 2.24) is 19.7 Å². The van der Waals surface area contributed by atoms with E-state index in [-0.39, 0.29) is 5.02 Å². The molecule has 3 rings (SSSR count). The van der Waals surface area contributed by atoms with Crippen molar-refractivity contribution in [3.05, 3.63) is 63.6 Å². The van der Waals surface area contributed by atoms with Crippen LogP contribution in [0.3, 0.4) is 0 Å². The van der Waals surface area contributed by atoms with Crippen LogP contribution in [0.1, 0.15) is 11.3 Å². The predicted octanol–water partition coefficient (Wildman–Crippen LogP) is 4.92. The van der Waals surface area contributed by atoms with E-state index >= 15 is 0 Å². The Morgan fingerprint density at radius 3 is 2.56 bits per heavy atom. The highest BCUT2D eigenvalue weighted by atomic mass is 35.5. The largest absolute Gasteiger partial charge is 0.417 e. The fraction of sp³-hybridized carbons (Fsp3) is 0.188. The Bertz CT molecular complexity index is 935. The fourth-order valence-corrected chi connectivity index (χ4v) is 2.84. The third-order valence-electron chi connectivity index (χ3n) is 3.61. The van der Waals surface area contributed by atoms with E-state index in [1.54, 1.807) is 4.57 Å². The standard InChI is InChI=1S/C16H12ClF3N4S/c17-12-8-11(16(18,19)20)9-21-13(12)6-7-24-14(22-23-15(24)25)10-4-2-1-3-5-10/h1-5,8-9H,6-7H2,(H,23,25). The van der Waals surface area contributed by atoms with E-state index in [1.165, 1.54) is 0 Å². The number of H-pyrrole nitrogens is 1. The summed E-state index contributed by atoms with van der Waals surface area (Å²) >= 11 is 11.2. The predicted molar refractivity (Wildman–Crippen MR) is 90.8 cm³/mol. The van der Waals surface area contributed by atoms with Gasteiger partial charge in [0.2, 0.25) is 0 Å². The molecule has 0 radical (unpaired) electrons. The lowest BCUT2D eigenvalue weighted by Gasteiger charge is -2.10. The fourth-order valence-electron chi connectivity index (χ4n) is 2.36. The van der Waals surface area contributed by atoms with Gasteiger partial charge in [0, 0.05) is 24.7 Å². The average Bonchev–Trinajstić information content (AvgIpc) is 2.94. The minimum Gasteiger partial charge on any atom is -0.300 e. The van der Waals surface area contributed by atoms with E-state index in [4.69, 9.17) is 23.8 Å². The maximum absolute atomic E-state index is 12.7. The third kappa shape index (κ3) is 3.91. The van der Waals surface area contributed by atoms with Crippen molar-refractivity contribution in [2.45, 2.75) is 19.1 Å². The molecular formula is C16H12ClF3N4S. The van der Waals surface area contributed by atoms with Gasteiger partial charge in [-0.2, -0.15) is 18.3 Å². The molecule has 130 valence electrons. The number of pyridine rings is 1. The smallest absolute Gasteiger partial charge is 0.300 e. The zero-order chi connectivity index (χ0) is 18.0. The molecule has 2 aromatic heterocycles. The lowest BCUT2D eigenvalue weighted by atomic mass is 10.2. The van der Waals surface area contributed by atoms with Crippen molar-refractivity contribution >= 4 is 23.8 Å². The average molecular weight is 385 g/mol. The van der Waals surface area contributed by atoms with Crippen molar-refractivity contribution in [3.8, 4) is 11.4 Å². The zero-order valence-electron chi connectivity index (χ0n) is 12.7. The first-order valence-corrected chi connectivity index (χ1v) is 8.07. The Morgan fingerprint density at radius 1 is 1.20 bits per heavy atom. The van der Waals surface area contributed by atoms with Crippen LogP contribution in [0.5, 0.6) is 0 Å². The summed E-state index contributed by atoms with van der Waals surface area (Å²) in [5.41, 5.74) is 0.379. The van der Waals surface area contributed by atoms with E-state index in [2.05, 4.69) is 15.2 Å². The molecule has 1 aromatic carbocycles. The van der Waals surface area contributed by atoms with Crippen LogP contribution in [0.4, 0.5) is 13.2 Å². The highest BCUT2D eigenvalue weighted by Crippen LogP contribution is 2.31. The topological polar surface area (TPSA) is 46.5 Å². The number of rotatable bonds is 4. The number of hydrogen-bond acceptors (Lipinski definition) is 3. The first kappa shape index (κ1) is 17.6. The maximum Gasteiger partial charge on any atom is 0.417 e. The van der Waals surface area contributed by atoms with Gasteiger partial charge in [-0.1, -0.05) is 41.9 Å². The molecular weight excluding hydrogens is 373 g/mol. The summed E-state index contributed by atoms with van der Waals surface area (Å²) in [5.74, 6) is 0.647. The summed E-state index contributed by atoms with van der Waals surface area (Å²) in [6.07, 6.45) is -3.36. The van der Waals surface area contributed by atoms with E-state index < -0.39 is 11.7 Å². The van der Waals surface area contributed by atoms with Crippen molar-refractivity contribution in [3.63, 3.8) is 0 Å². The molecule has 0 aliphatic heterocycles. The van der Waals surface area contributed by atoms with Crippen LogP contribution < -0.4 is 0 Å². The van der Waals surface area contributed by atoms with E-state index in [1.807, 2.05) is 30.3 Å². The van der Waals surface area contributed by atoms with Gasteiger partial charge in [0.15, 0.2) is 10.6 Å². The van der Waals surface area contributed by atoms with Gasteiger partial charge in [-0.05, 0) is 18.3 Å².